The van der Waals surface area contributed by atoms with Crippen molar-refractivity contribution in [3.05, 3.63) is 29.6 Å². The molecule has 1 fully saturated rings. The molecule has 1 amide bonds. The summed E-state index contributed by atoms with van der Waals surface area (Å²) in [4.78, 5) is 18.1. The van der Waals surface area contributed by atoms with Crippen LogP contribution in [-0.4, -0.2) is 35.4 Å². The number of aromatic nitrogens is 1. The van der Waals surface area contributed by atoms with E-state index in [0.29, 0.717) is 6.42 Å². The number of carbonyl (C=O) groups excluding carboxylic acids is 1. The minimum Gasteiger partial charge on any atom is -0.339 e. The second-order valence-corrected chi connectivity index (χ2v) is 4.41. The number of hydrogen-bond donors (Lipinski definition) is 1. The maximum Gasteiger partial charge on any atom is 0.222 e. The van der Waals surface area contributed by atoms with Crippen LogP contribution in [0.5, 0.6) is 0 Å². The van der Waals surface area contributed by atoms with Gasteiger partial charge in [0, 0.05) is 32.3 Å². The average Bonchev–Trinajstić information content (AvgIpc) is 2.38. The van der Waals surface area contributed by atoms with E-state index in [4.69, 9.17) is 0 Å². The number of hydrogen-bond acceptors (Lipinski definition) is 3. The fourth-order valence-corrected chi connectivity index (χ4v) is 2.25. The van der Waals surface area contributed by atoms with Crippen LogP contribution < -0.4 is 5.32 Å². The second-order valence-electron chi connectivity index (χ2n) is 4.41. The monoisotopic (exact) mass is 233 g/mol. The van der Waals surface area contributed by atoms with Gasteiger partial charge in [-0.1, -0.05) is 13.0 Å². The molecule has 4 nitrogen and oxygen atoms in total. The van der Waals surface area contributed by atoms with Crippen LogP contribution in [0.4, 0.5) is 0 Å². The number of amides is 1. The van der Waals surface area contributed by atoms with Crippen molar-refractivity contribution in [1.29, 1.82) is 0 Å². The van der Waals surface area contributed by atoms with Crippen LogP contribution in [0, 0.1) is 6.92 Å². The number of pyridine rings is 1. The van der Waals surface area contributed by atoms with Crippen molar-refractivity contribution in [3.63, 3.8) is 0 Å². The predicted octanol–water partition coefficient (Wildman–Crippen LogP) is 1.27. The molecule has 0 spiro atoms. The van der Waals surface area contributed by atoms with Crippen LogP contribution in [0.25, 0.3) is 0 Å². The summed E-state index contributed by atoms with van der Waals surface area (Å²) >= 11 is 0. The molecule has 1 unspecified atom stereocenters. The Morgan fingerprint density at radius 2 is 2.47 bits per heavy atom. The van der Waals surface area contributed by atoms with E-state index in [-0.39, 0.29) is 11.9 Å². The highest BCUT2D eigenvalue weighted by Gasteiger charge is 2.24. The molecule has 1 saturated heterocycles. The number of piperazine rings is 1. The van der Waals surface area contributed by atoms with Gasteiger partial charge in [0.25, 0.3) is 0 Å². The van der Waals surface area contributed by atoms with E-state index in [2.05, 4.69) is 23.3 Å². The quantitative estimate of drug-likeness (QED) is 0.836. The summed E-state index contributed by atoms with van der Waals surface area (Å²) in [5.74, 6) is 0.227. The molecule has 2 heterocycles. The Kier molecular flexibility index (Phi) is 3.74. The molecule has 0 aliphatic carbocycles. The van der Waals surface area contributed by atoms with Crippen LogP contribution in [0.15, 0.2) is 18.3 Å². The summed E-state index contributed by atoms with van der Waals surface area (Å²) < 4.78 is 0. The zero-order valence-corrected chi connectivity index (χ0v) is 10.4. The maximum atomic E-state index is 11.7. The van der Waals surface area contributed by atoms with Gasteiger partial charge in [-0.25, -0.2) is 0 Å². The molecule has 4 heteroatoms. The van der Waals surface area contributed by atoms with Crippen molar-refractivity contribution in [2.45, 2.75) is 26.3 Å². The fraction of sp³-hybridized carbons (Fsp3) is 0.538. The molecular formula is C13H19N3O. The Bertz CT molecular complexity index is 405. The van der Waals surface area contributed by atoms with Gasteiger partial charge in [-0.15, -0.1) is 0 Å². The van der Waals surface area contributed by atoms with Gasteiger partial charge in [-0.3, -0.25) is 9.78 Å². The highest BCUT2D eigenvalue weighted by atomic mass is 16.2. The molecule has 2 rings (SSSR count). The number of nitrogens with one attached hydrogen (secondary N) is 1. The Morgan fingerprint density at radius 3 is 3.18 bits per heavy atom. The molecule has 0 aromatic carbocycles. The first-order chi connectivity index (χ1) is 8.22. The van der Waals surface area contributed by atoms with E-state index in [1.165, 1.54) is 5.56 Å². The van der Waals surface area contributed by atoms with Crippen molar-refractivity contribution in [3.8, 4) is 0 Å². The van der Waals surface area contributed by atoms with E-state index in [1.807, 2.05) is 24.1 Å². The van der Waals surface area contributed by atoms with E-state index in [0.717, 1.165) is 25.3 Å². The smallest absolute Gasteiger partial charge is 0.222 e. The molecule has 0 radical (unpaired) electrons. The largest absolute Gasteiger partial charge is 0.339 e. The van der Waals surface area contributed by atoms with Crippen LogP contribution in [0.3, 0.4) is 0 Å². The number of nitrogens with zero attached hydrogens (tertiary/aromatic N) is 2. The lowest BCUT2D eigenvalue weighted by Crippen LogP contribution is -2.48. The third kappa shape index (κ3) is 2.64. The molecule has 17 heavy (non-hydrogen) atoms. The van der Waals surface area contributed by atoms with Crippen LogP contribution in [0.1, 0.15) is 30.6 Å². The lowest BCUT2D eigenvalue weighted by Gasteiger charge is -2.33. The standard InChI is InChI=1S/C13H19N3O/c1-3-12(17)16-8-7-14-11(9-16)13-10(2)5-4-6-15-13/h4-6,11,14H,3,7-9H2,1-2H3. The maximum absolute atomic E-state index is 11.7. The Balaban J connectivity index is 2.12. The molecule has 1 aliphatic rings. The van der Waals surface area contributed by atoms with Crippen LogP contribution >= 0.6 is 0 Å². The summed E-state index contributed by atoms with van der Waals surface area (Å²) in [5.41, 5.74) is 2.23. The molecule has 1 atom stereocenters. The minimum absolute atomic E-state index is 0.167. The molecule has 0 saturated carbocycles. The first kappa shape index (κ1) is 12.0. The van der Waals surface area contributed by atoms with E-state index in [9.17, 15) is 4.79 Å². The van der Waals surface area contributed by atoms with Crippen molar-refractivity contribution >= 4 is 5.91 Å². The number of carbonyl (C=O) groups is 1. The Morgan fingerprint density at radius 1 is 1.65 bits per heavy atom. The normalized spacial score (nSPS) is 20.4. The van der Waals surface area contributed by atoms with Gasteiger partial charge in [0.2, 0.25) is 5.91 Å². The first-order valence-corrected chi connectivity index (χ1v) is 6.15. The summed E-state index contributed by atoms with van der Waals surface area (Å²) in [6, 6.07) is 4.17. The lowest BCUT2D eigenvalue weighted by atomic mass is 10.1. The highest BCUT2D eigenvalue weighted by molar-refractivity contribution is 5.76. The topological polar surface area (TPSA) is 45.2 Å². The molecule has 1 aromatic heterocycles. The van der Waals surface area contributed by atoms with E-state index >= 15 is 0 Å². The Hall–Kier alpha value is -1.42. The van der Waals surface area contributed by atoms with Crippen molar-refractivity contribution < 1.29 is 4.79 Å². The summed E-state index contributed by atoms with van der Waals surface area (Å²) in [7, 11) is 0. The van der Waals surface area contributed by atoms with Crippen molar-refractivity contribution in [1.82, 2.24) is 15.2 Å². The summed E-state index contributed by atoms with van der Waals surface area (Å²) in [6.45, 7) is 6.34. The highest BCUT2D eigenvalue weighted by Crippen LogP contribution is 2.18. The third-order valence-corrected chi connectivity index (χ3v) is 3.21. The second kappa shape index (κ2) is 5.27. The first-order valence-electron chi connectivity index (χ1n) is 6.15. The average molecular weight is 233 g/mol. The molecule has 1 aliphatic heterocycles. The minimum atomic E-state index is 0.167. The molecular weight excluding hydrogens is 214 g/mol. The summed E-state index contributed by atoms with van der Waals surface area (Å²) in [5, 5.41) is 3.43. The SMILES string of the molecule is CCC(=O)N1CCNC(c2ncccc2C)C1. The van der Waals surface area contributed by atoms with Crippen LogP contribution in [0.2, 0.25) is 0 Å². The van der Waals surface area contributed by atoms with Crippen LogP contribution in [-0.2, 0) is 4.79 Å². The molecule has 1 N–H and O–H groups in total. The van der Waals surface area contributed by atoms with Gasteiger partial charge in [-0.05, 0) is 18.6 Å². The molecule has 0 bridgehead atoms. The zero-order chi connectivity index (χ0) is 12.3. The van der Waals surface area contributed by atoms with Gasteiger partial charge >= 0.3 is 0 Å². The molecule has 1 aromatic rings. The van der Waals surface area contributed by atoms with Gasteiger partial charge in [0.15, 0.2) is 0 Å². The van der Waals surface area contributed by atoms with E-state index < -0.39 is 0 Å². The van der Waals surface area contributed by atoms with E-state index in [1.54, 1.807) is 0 Å². The Labute approximate surface area is 102 Å². The van der Waals surface area contributed by atoms with Gasteiger partial charge in [0.1, 0.15) is 0 Å². The lowest BCUT2D eigenvalue weighted by molar-refractivity contribution is -0.132. The van der Waals surface area contributed by atoms with Crippen molar-refractivity contribution in [2.75, 3.05) is 19.6 Å². The van der Waals surface area contributed by atoms with Gasteiger partial charge in [0.05, 0.1) is 11.7 Å². The third-order valence-electron chi connectivity index (χ3n) is 3.21. The van der Waals surface area contributed by atoms with Crippen molar-refractivity contribution in [2.24, 2.45) is 0 Å². The fourth-order valence-electron chi connectivity index (χ4n) is 2.25. The van der Waals surface area contributed by atoms with Gasteiger partial charge in [-0.2, -0.15) is 0 Å². The molecule has 92 valence electrons. The number of aryl methyl sites for hydroxylation is 1. The zero-order valence-electron chi connectivity index (χ0n) is 10.4. The van der Waals surface area contributed by atoms with Gasteiger partial charge < -0.3 is 10.2 Å². The number of rotatable bonds is 2. The summed E-state index contributed by atoms with van der Waals surface area (Å²) in [6.07, 6.45) is 2.39. The predicted molar refractivity (Wildman–Crippen MR) is 66.6 cm³/mol.